The summed E-state index contributed by atoms with van der Waals surface area (Å²) in [5, 5.41) is 27.0. The van der Waals surface area contributed by atoms with Gasteiger partial charge in [0, 0.05) is 34.8 Å². The van der Waals surface area contributed by atoms with E-state index in [2.05, 4.69) is 26.6 Å². The largest absolute Gasteiger partial charge is 0.396 e. The first-order valence-electron chi connectivity index (χ1n) is 12.1. The summed E-state index contributed by atoms with van der Waals surface area (Å²) in [6, 6.07) is 13.0. The molecule has 7 nitrogen and oxygen atoms in total. The Hall–Kier alpha value is -2.52. The molecule has 186 valence electrons. The van der Waals surface area contributed by atoms with Crippen LogP contribution < -0.4 is 15.5 Å². The molecule has 2 aromatic carbocycles. The molecule has 4 N–H and O–H groups in total. The second-order valence-corrected chi connectivity index (χ2v) is 10.2. The number of rotatable bonds is 8. The quantitative estimate of drug-likeness (QED) is 0.381. The number of halogens is 1. The molecular weight excluding hydrogens is 510 g/mol. The smallest absolute Gasteiger partial charge is 0.264 e. The molecule has 4 rings (SSSR count). The Morgan fingerprint density at radius 3 is 2.77 bits per heavy atom. The van der Waals surface area contributed by atoms with Crippen molar-refractivity contribution in [2.75, 3.05) is 29.9 Å². The molecule has 0 bridgehead atoms. The Bertz CT molecular complexity index is 1100. The number of nitrogens with one attached hydrogen (secondary N) is 2. The molecule has 0 saturated carbocycles. The zero-order valence-corrected chi connectivity index (χ0v) is 21.4. The second kappa shape index (κ2) is 11.0. The van der Waals surface area contributed by atoms with Gasteiger partial charge in [0.1, 0.15) is 0 Å². The third-order valence-corrected chi connectivity index (χ3v) is 7.33. The molecule has 1 unspecified atom stereocenters. The maximum absolute atomic E-state index is 13.6. The lowest BCUT2D eigenvalue weighted by molar-refractivity contribution is -0.139. The van der Waals surface area contributed by atoms with E-state index in [9.17, 15) is 14.7 Å². The third-order valence-electron chi connectivity index (χ3n) is 6.84. The van der Waals surface area contributed by atoms with E-state index in [1.165, 1.54) is 0 Å². The van der Waals surface area contributed by atoms with Gasteiger partial charge in [0.25, 0.3) is 5.91 Å². The molecule has 1 saturated heterocycles. The summed E-state index contributed by atoms with van der Waals surface area (Å²) >= 11 is 3.46. The van der Waals surface area contributed by atoms with Gasteiger partial charge >= 0.3 is 0 Å². The molecule has 35 heavy (non-hydrogen) atoms. The highest BCUT2D eigenvalue weighted by Gasteiger charge is 2.52. The molecule has 1 fully saturated rings. The predicted molar refractivity (Wildman–Crippen MR) is 140 cm³/mol. The van der Waals surface area contributed by atoms with Crippen LogP contribution in [-0.4, -0.2) is 41.7 Å². The van der Waals surface area contributed by atoms with Crippen LogP contribution in [0, 0.1) is 11.8 Å². The molecule has 3 atom stereocenters. The number of fused-ring (bicyclic) bond motifs is 1. The first kappa shape index (κ1) is 25.6. The molecule has 0 radical (unpaired) electrons. The van der Waals surface area contributed by atoms with E-state index in [1.807, 2.05) is 36.4 Å². The minimum atomic E-state index is -1.70. The zero-order chi connectivity index (χ0) is 25.0. The Morgan fingerprint density at radius 2 is 2.09 bits per heavy atom. The van der Waals surface area contributed by atoms with Crippen LogP contribution in [0.4, 0.5) is 11.4 Å². The molecule has 2 aliphatic heterocycles. The van der Waals surface area contributed by atoms with Gasteiger partial charge in [-0.15, -0.1) is 0 Å². The normalized spacial score (nSPS) is 22.9. The highest BCUT2D eigenvalue weighted by molar-refractivity contribution is 9.10. The zero-order valence-electron chi connectivity index (χ0n) is 19.8. The van der Waals surface area contributed by atoms with E-state index >= 15 is 0 Å². The van der Waals surface area contributed by atoms with Crippen LogP contribution in [-0.2, 0) is 21.7 Å². The predicted octanol–water partition coefficient (Wildman–Crippen LogP) is 3.70. The van der Waals surface area contributed by atoms with Crippen LogP contribution >= 0.6 is 15.9 Å². The number of nitrogens with zero attached hydrogens (tertiary/aromatic N) is 1. The molecule has 0 aromatic heterocycles. The summed E-state index contributed by atoms with van der Waals surface area (Å²) < 4.78 is 0.782. The highest BCUT2D eigenvalue weighted by Crippen LogP contribution is 2.46. The summed E-state index contributed by atoms with van der Waals surface area (Å²) in [7, 11) is 0. The fraction of sp³-hybridized carbons (Fsp3) is 0.407. The van der Waals surface area contributed by atoms with Crippen molar-refractivity contribution >= 4 is 39.1 Å². The minimum absolute atomic E-state index is 0.0118. The van der Waals surface area contributed by atoms with E-state index in [0.29, 0.717) is 30.8 Å². The van der Waals surface area contributed by atoms with Gasteiger partial charge in [-0.05, 0) is 61.7 Å². The average Bonchev–Trinajstić information content (AvgIpc) is 3.08. The van der Waals surface area contributed by atoms with Crippen molar-refractivity contribution in [1.29, 1.82) is 0 Å². The van der Waals surface area contributed by atoms with Gasteiger partial charge in [0.05, 0.1) is 18.2 Å². The van der Waals surface area contributed by atoms with Crippen LogP contribution in [0.5, 0.6) is 0 Å². The summed E-state index contributed by atoms with van der Waals surface area (Å²) in [4.78, 5) is 27.7. The summed E-state index contributed by atoms with van der Waals surface area (Å²) in [6.07, 6.45) is 5.92. The molecule has 2 aliphatic rings. The van der Waals surface area contributed by atoms with Crippen LogP contribution in [0.3, 0.4) is 0 Å². The third kappa shape index (κ3) is 5.35. The minimum Gasteiger partial charge on any atom is -0.396 e. The number of anilines is 2. The van der Waals surface area contributed by atoms with Crippen LogP contribution in [0.1, 0.15) is 37.3 Å². The van der Waals surface area contributed by atoms with Crippen molar-refractivity contribution in [2.45, 2.75) is 38.3 Å². The van der Waals surface area contributed by atoms with Gasteiger partial charge in [0.2, 0.25) is 5.91 Å². The Labute approximate surface area is 214 Å². The second-order valence-electron chi connectivity index (χ2n) is 9.28. The Kier molecular flexibility index (Phi) is 8.06. The van der Waals surface area contributed by atoms with E-state index < -0.39 is 11.5 Å². The standard InChI is InChI=1S/C27H32BrN3O4/c1-18(5-2-3-14-32)27(35)23-15-21(28)9-12-24(23)31(26(27)34)17-19-7-10-22(11-8-19)30-25(33)20-6-4-13-29-16-20/h2,5,7-12,15,18,20,29,32,35H,3-4,6,13-14,16-17H2,1H3,(H,30,33)/b5-2+/t18-,20?,27+/m0/s1. The van der Waals surface area contributed by atoms with E-state index in [4.69, 9.17) is 5.11 Å². The molecule has 0 spiro atoms. The fourth-order valence-corrected chi connectivity index (χ4v) is 5.15. The van der Waals surface area contributed by atoms with Crippen molar-refractivity contribution in [1.82, 2.24) is 5.32 Å². The molecule has 2 amide bonds. The topological polar surface area (TPSA) is 102 Å². The molecule has 8 heteroatoms. The number of hydrogen-bond donors (Lipinski definition) is 4. The number of aliphatic hydroxyl groups excluding tert-OH is 1. The van der Waals surface area contributed by atoms with Crippen molar-refractivity contribution in [3.8, 4) is 0 Å². The lowest BCUT2D eigenvalue weighted by Gasteiger charge is -2.27. The van der Waals surface area contributed by atoms with Crippen molar-refractivity contribution < 1.29 is 19.8 Å². The van der Waals surface area contributed by atoms with Gasteiger partial charge in [-0.25, -0.2) is 0 Å². The average molecular weight is 542 g/mol. The lowest BCUT2D eigenvalue weighted by atomic mass is 9.83. The number of amides is 2. The summed E-state index contributed by atoms with van der Waals surface area (Å²) in [5.74, 6) is -0.861. The Morgan fingerprint density at radius 1 is 1.31 bits per heavy atom. The number of hydrogen-bond acceptors (Lipinski definition) is 5. The molecule has 0 aliphatic carbocycles. The van der Waals surface area contributed by atoms with Crippen molar-refractivity contribution in [2.24, 2.45) is 11.8 Å². The number of piperidine rings is 1. The molecule has 2 heterocycles. The van der Waals surface area contributed by atoms with Gasteiger partial charge < -0.3 is 25.7 Å². The first-order chi connectivity index (χ1) is 16.8. The fourth-order valence-electron chi connectivity index (χ4n) is 4.79. The van der Waals surface area contributed by atoms with Gasteiger partial charge in [-0.3, -0.25) is 9.59 Å². The lowest BCUT2D eigenvalue weighted by Crippen LogP contribution is -2.44. The van der Waals surface area contributed by atoms with Crippen molar-refractivity contribution in [3.63, 3.8) is 0 Å². The van der Waals surface area contributed by atoms with Crippen LogP contribution in [0.15, 0.2) is 59.1 Å². The van der Waals surface area contributed by atoms with Gasteiger partial charge in [0.15, 0.2) is 5.60 Å². The van der Waals surface area contributed by atoms with Crippen LogP contribution in [0.2, 0.25) is 0 Å². The van der Waals surface area contributed by atoms with Crippen molar-refractivity contribution in [3.05, 3.63) is 70.2 Å². The number of benzene rings is 2. The van der Waals surface area contributed by atoms with E-state index in [1.54, 1.807) is 30.0 Å². The molecule has 2 aromatic rings. The summed E-state index contributed by atoms with van der Waals surface area (Å²) in [6.45, 7) is 3.77. The van der Waals surface area contributed by atoms with Gasteiger partial charge in [-0.2, -0.15) is 0 Å². The number of carbonyl (C=O) groups excluding carboxylic acids is 2. The molecular formula is C27H32BrN3O4. The summed E-state index contributed by atoms with van der Waals surface area (Å²) in [5.41, 5.74) is 1.14. The first-order valence-corrected chi connectivity index (χ1v) is 12.9. The number of aliphatic hydroxyl groups is 2. The Balaban J connectivity index is 1.52. The SMILES string of the molecule is C[C@@H](/C=C/CCO)[C@]1(O)C(=O)N(Cc2ccc(NC(=O)C3CCCNC3)cc2)c2ccc(Br)cc21. The van der Waals surface area contributed by atoms with Gasteiger partial charge in [-0.1, -0.05) is 47.1 Å². The van der Waals surface area contributed by atoms with Crippen LogP contribution in [0.25, 0.3) is 0 Å². The monoisotopic (exact) mass is 541 g/mol. The number of carbonyl (C=O) groups is 2. The highest BCUT2D eigenvalue weighted by atomic mass is 79.9. The van der Waals surface area contributed by atoms with E-state index in [0.717, 1.165) is 35.1 Å². The maximum Gasteiger partial charge on any atom is 0.264 e. The maximum atomic E-state index is 13.6. The van der Waals surface area contributed by atoms with E-state index in [-0.39, 0.29) is 24.3 Å².